The second-order valence-corrected chi connectivity index (χ2v) is 12.7. The molecular formula is C43H33ClN2. The number of fused-ring (bicyclic) bond motifs is 10. The summed E-state index contributed by atoms with van der Waals surface area (Å²) in [4.78, 5) is 0. The van der Waals surface area contributed by atoms with Crippen molar-refractivity contribution in [3.63, 3.8) is 0 Å². The molecule has 0 fully saturated rings. The molecule has 3 heteroatoms. The highest BCUT2D eigenvalue weighted by Gasteiger charge is 2.27. The van der Waals surface area contributed by atoms with Crippen LogP contribution in [-0.4, -0.2) is 9.13 Å². The summed E-state index contributed by atoms with van der Waals surface area (Å²) in [6.45, 7) is 6.30. The first-order valence-electron chi connectivity index (χ1n) is 16.3. The molecule has 0 aliphatic heterocycles. The molecule has 0 amide bonds. The van der Waals surface area contributed by atoms with E-state index in [0.29, 0.717) is 0 Å². The Hall–Kier alpha value is -5.05. The van der Waals surface area contributed by atoms with E-state index in [0.717, 1.165) is 23.7 Å². The summed E-state index contributed by atoms with van der Waals surface area (Å²) in [5.41, 5.74) is 8.82. The number of benzene rings is 7. The van der Waals surface area contributed by atoms with Crippen molar-refractivity contribution in [3.8, 4) is 0 Å². The maximum absolute atomic E-state index is 7.19. The van der Waals surface area contributed by atoms with Crippen LogP contribution in [0.2, 0.25) is 5.02 Å². The first-order valence-corrected chi connectivity index (χ1v) is 16.7. The van der Waals surface area contributed by atoms with Crippen molar-refractivity contribution in [2.75, 3.05) is 0 Å². The molecule has 9 rings (SSSR count). The second kappa shape index (κ2) is 10.5. The van der Waals surface area contributed by atoms with Crippen LogP contribution in [0.3, 0.4) is 0 Å². The fraction of sp³-hybridized carbons (Fsp3) is 0.116. The van der Waals surface area contributed by atoms with Crippen LogP contribution in [0.5, 0.6) is 0 Å². The van der Waals surface area contributed by atoms with Gasteiger partial charge in [-0.1, -0.05) is 115 Å². The standard InChI is InChI=1S/C43H33ClN2/c1-3-45-39-23-13-10-17-29(39)36-25-34(27-15-5-7-19-31(27)42(36)45)41(33-21-9-12-22-38(33)44)35-26-37-30-18-11-14-24-40(30)46(4-2)43(37)32-20-8-6-16-28(32)35/h5-26,41H,3-4H2,1-2H3. The fourth-order valence-electron chi connectivity index (χ4n) is 8.23. The number of aryl methyl sites for hydroxylation is 2. The first-order chi connectivity index (χ1) is 22.7. The van der Waals surface area contributed by atoms with Crippen molar-refractivity contribution in [1.82, 2.24) is 9.13 Å². The lowest BCUT2D eigenvalue weighted by Crippen LogP contribution is -2.07. The molecule has 222 valence electrons. The molecule has 2 nitrogen and oxygen atoms in total. The number of aromatic nitrogens is 2. The summed E-state index contributed by atoms with van der Waals surface area (Å²) < 4.78 is 4.95. The van der Waals surface area contributed by atoms with Gasteiger partial charge in [-0.2, -0.15) is 0 Å². The molecule has 0 aliphatic rings. The Morgan fingerprint density at radius 3 is 1.28 bits per heavy atom. The molecule has 0 N–H and O–H groups in total. The van der Waals surface area contributed by atoms with Gasteiger partial charge >= 0.3 is 0 Å². The largest absolute Gasteiger partial charge is 0.340 e. The van der Waals surface area contributed by atoms with Crippen LogP contribution in [0.15, 0.2) is 133 Å². The third kappa shape index (κ3) is 3.77. The van der Waals surface area contributed by atoms with Crippen molar-refractivity contribution >= 4 is 76.8 Å². The van der Waals surface area contributed by atoms with E-state index >= 15 is 0 Å². The van der Waals surface area contributed by atoms with E-state index in [1.54, 1.807) is 0 Å². The highest BCUT2D eigenvalue weighted by atomic mass is 35.5. The summed E-state index contributed by atoms with van der Waals surface area (Å²) >= 11 is 7.19. The van der Waals surface area contributed by atoms with Crippen molar-refractivity contribution in [2.45, 2.75) is 32.9 Å². The van der Waals surface area contributed by atoms with Crippen LogP contribution in [0.4, 0.5) is 0 Å². The molecule has 0 spiro atoms. The van der Waals surface area contributed by atoms with Crippen molar-refractivity contribution in [1.29, 1.82) is 0 Å². The molecule has 0 saturated heterocycles. The minimum Gasteiger partial charge on any atom is -0.340 e. The number of halogens is 1. The quantitative estimate of drug-likeness (QED) is 0.171. The normalized spacial score (nSPS) is 12.2. The van der Waals surface area contributed by atoms with Gasteiger partial charge in [-0.3, -0.25) is 0 Å². The molecule has 7 aromatic carbocycles. The van der Waals surface area contributed by atoms with Crippen molar-refractivity contribution in [2.24, 2.45) is 0 Å². The highest BCUT2D eigenvalue weighted by Crippen LogP contribution is 2.47. The zero-order valence-corrected chi connectivity index (χ0v) is 26.7. The Morgan fingerprint density at radius 1 is 0.435 bits per heavy atom. The fourth-order valence-corrected chi connectivity index (χ4v) is 8.47. The molecule has 0 bridgehead atoms. The number of nitrogens with zero attached hydrogens (tertiary/aromatic N) is 2. The molecule has 9 aromatic rings. The number of hydrogen-bond donors (Lipinski definition) is 0. The maximum Gasteiger partial charge on any atom is 0.0571 e. The lowest BCUT2D eigenvalue weighted by Gasteiger charge is -2.25. The van der Waals surface area contributed by atoms with Gasteiger partial charge in [0.15, 0.2) is 0 Å². The van der Waals surface area contributed by atoms with E-state index < -0.39 is 0 Å². The first kappa shape index (κ1) is 27.3. The van der Waals surface area contributed by atoms with Gasteiger partial charge in [-0.25, -0.2) is 0 Å². The van der Waals surface area contributed by atoms with Crippen LogP contribution in [0.1, 0.15) is 36.5 Å². The molecule has 2 aromatic heterocycles. The van der Waals surface area contributed by atoms with Crippen LogP contribution in [0, 0.1) is 0 Å². The van der Waals surface area contributed by atoms with Gasteiger partial charge in [0.05, 0.1) is 11.0 Å². The second-order valence-electron chi connectivity index (χ2n) is 12.3. The van der Waals surface area contributed by atoms with Crippen LogP contribution in [-0.2, 0) is 13.1 Å². The van der Waals surface area contributed by atoms with Gasteiger partial charge in [0.2, 0.25) is 0 Å². The SMILES string of the molecule is CCn1c2ccccc2c2cc(C(c3ccccc3Cl)c3cc4c5ccccc5n(CC)c4c4ccccc34)c3ccccc3c21. The molecule has 0 saturated carbocycles. The predicted molar refractivity (Wildman–Crippen MR) is 198 cm³/mol. The highest BCUT2D eigenvalue weighted by molar-refractivity contribution is 6.31. The van der Waals surface area contributed by atoms with Crippen LogP contribution in [0.25, 0.3) is 65.2 Å². The van der Waals surface area contributed by atoms with E-state index in [9.17, 15) is 0 Å². The Labute approximate surface area is 273 Å². The van der Waals surface area contributed by atoms with Gasteiger partial charge in [0, 0.05) is 67.4 Å². The number of hydrogen-bond acceptors (Lipinski definition) is 0. The Balaban J connectivity index is 1.49. The third-order valence-electron chi connectivity index (χ3n) is 10.1. The summed E-state index contributed by atoms with van der Waals surface area (Å²) in [7, 11) is 0. The van der Waals surface area contributed by atoms with Crippen molar-refractivity contribution < 1.29 is 0 Å². The average Bonchev–Trinajstić information content (AvgIpc) is 3.61. The van der Waals surface area contributed by atoms with Crippen molar-refractivity contribution in [3.05, 3.63) is 155 Å². The molecule has 0 aliphatic carbocycles. The minimum absolute atomic E-state index is 0.0928. The van der Waals surface area contributed by atoms with Gasteiger partial charge in [0.1, 0.15) is 0 Å². The number of rotatable bonds is 5. The van der Waals surface area contributed by atoms with Crippen LogP contribution < -0.4 is 0 Å². The Morgan fingerprint density at radius 2 is 0.826 bits per heavy atom. The molecule has 0 atom stereocenters. The monoisotopic (exact) mass is 612 g/mol. The summed E-state index contributed by atoms with van der Waals surface area (Å²) in [6, 6.07) is 48.9. The zero-order chi connectivity index (χ0) is 30.9. The van der Waals surface area contributed by atoms with Crippen LogP contribution >= 0.6 is 11.6 Å². The van der Waals surface area contributed by atoms with E-state index in [4.69, 9.17) is 11.6 Å². The molecule has 0 radical (unpaired) electrons. The zero-order valence-electron chi connectivity index (χ0n) is 26.0. The number of para-hydroxylation sites is 2. The minimum atomic E-state index is -0.0928. The molecule has 46 heavy (non-hydrogen) atoms. The third-order valence-corrected chi connectivity index (χ3v) is 10.4. The lowest BCUT2D eigenvalue weighted by molar-refractivity contribution is 0.829. The molecule has 0 unspecified atom stereocenters. The summed E-state index contributed by atoms with van der Waals surface area (Å²) in [6.07, 6.45) is 0. The van der Waals surface area contributed by atoms with Gasteiger partial charge in [0.25, 0.3) is 0 Å². The van der Waals surface area contributed by atoms with E-state index in [-0.39, 0.29) is 5.92 Å². The topological polar surface area (TPSA) is 9.86 Å². The van der Waals surface area contributed by atoms with Gasteiger partial charge in [-0.15, -0.1) is 0 Å². The lowest BCUT2D eigenvalue weighted by atomic mass is 9.79. The van der Waals surface area contributed by atoms with E-state index in [1.807, 2.05) is 12.1 Å². The summed E-state index contributed by atoms with van der Waals surface area (Å²) in [5.74, 6) is -0.0928. The predicted octanol–water partition coefficient (Wildman–Crippen LogP) is 12.1. The van der Waals surface area contributed by atoms with Gasteiger partial charge in [-0.05, 0) is 71.6 Å². The Kier molecular flexibility index (Phi) is 6.23. The maximum atomic E-state index is 7.19. The van der Waals surface area contributed by atoms with Gasteiger partial charge < -0.3 is 9.13 Å². The average molecular weight is 613 g/mol. The molecular weight excluding hydrogens is 580 g/mol. The summed E-state index contributed by atoms with van der Waals surface area (Å²) in [5, 5.41) is 11.0. The van der Waals surface area contributed by atoms with E-state index in [1.165, 1.54) is 76.3 Å². The molecule has 2 heterocycles. The van der Waals surface area contributed by atoms with E-state index in [2.05, 4.69) is 144 Å². The smallest absolute Gasteiger partial charge is 0.0571 e. The Bertz CT molecular complexity index is 2480.